The zero-order valence-corrected chi connectivity index (χ0v) is 17.0. The fraction of sp³-hybridized carbons (Fsp3) is 0.364. The first-order chi connectivity index (χ1) is 14.0. The number of rotatable bonds is 3. The molecular weight excluding hydrogens is 366 g/mol. The number of hydrogen-bond acceptors (Lipinski definition) is 6. The molecule has 4 aromatic rings. The summed E-state index contributed by atoms with van der Waals surface area (Å²) >= 11 is 0. The van der Waals surface area contributed by atoms with E-state index < -0.39 is 0 Å². The van der Waals surface area contributed by atoms with E-state index in [0.29, 0.717) is 11.6 Å². The van der Waals surface area contributed by atoms with Gasteiger partial charge in [-0.15, -0.1) is 0 Å². The van der Waals surface area contributed by atoms with Crippen molar-refractivity contribution >= 4 is 33.8 Å². The minimum Gasteiger partial charge on any atom is -0.491 e. The Hall–Kier alpha value is -3.22. The highest BCUT2D eigenvalue weighted by atomic mass is 16.5. The third-order valence-electron chi connectivity index (χ3n) is 5.67. The molecule has 0 aliphatic carbocycles. The Labute approximate surface area is 169 Å². The van der Waals surface area contributed by atoms with Crippen LogP contribution in [0.4, 0.5) is 11.7 Å². The first-order valence-corrected chi connectivity index (χ1v) is 10.1. The van der Waals surface area contributed by atoms with Crippen molar-refractivity contribution < 1.29 is 9.15 Å². The minimum atomic E-state index is 0.178. The summed E-state index contributed by atoms with van der Waals surface area (Å²) in [4.78, 5) is 11.5. The zero-order chi connectivity index (χ0) is 20.1. The van der Waals surface area contributed by atoms with Crippen LogP contribution in [0.2, 0.25) is 0 Å². The molecule has 0 bridgehead atoms. The molecule has 0 fully saturated rings. The van der Waals surface area contributed by atoms with Gasteiger partial charge in [-0.2, -0.15) is 4.98 Å². The third kappa shape index (κ3) is 2.97. The molecular formula is C22H25N5O2. The average molecular weight is 391 g/mol. The molecule has 29 heavy (non-hydrogen) atoms. The summed E-state index contributed by atoms with van der Waals surface area (Å²) in [6.07, 6.45) is 2.06. The topological polar surface area (TPSA) is 82.3 Å². The number of nitrogens with two attached hydrogens (primary N) is 1. The molecule has 2 N–H and O–H groups in total. The number of oxazole rings is 1. The van der Waals surface area contributed by atoms with E-state index in [2.05, 4.69) is 47.5 Å². The van der Waals surface area contributed by atoms with E-state index in [0.717, 1.165) is 65.4 Å². The lowest BCUT2D eigenvalue weighted by Gasteiger charge is -2.25. The van der Waals surface area contributed by atoms with Crippen molar-refractivity contribution in [3.8, 4) is 17.1 Å². The van der Waals surface area contributed by atoms with Gasteiger partial charge in [0.25, 0.3) is 6.01 Å². The Morgan fingerprint density at radius 1 is 1.10 bits per heavy atom. The van der Waals surface area contributed by atoms with Crippen LogP contribution < -0.4 is 15.4 Å². The predicted octanol–water partition coefficient (Wildman–Crippen LogP) is 4.44. The van der Waals surface area contributed by atoms with Gasteiger partial charge < -0.3 is 24.4 Å². The van der Waals surface area contributed by atoms with Gasteiger partial charge in [0.15, 0.2) is 5.58 Å². The molecule has 1 aliphatic heterocycles. The second-order valence-corrected chi connectivity index (χ2v) is 7.89. The van der Waals surface area contributed by atoms with Crippen molar-refractivity contribution in [3.05, 3.63) is 30.3 Å². The van der Waals surface area contributed by atoms with Gasteiger partial charge in [-0.25, -0.2) is 4.98 Å². The third-order valence-corrected chi connectivity index (χ3v) is 5.67. The van der Waals surface area contributed by atoms with E-state index in [9.17, 15) is 0 Å². The van der Waals surface area contributed by atoms with Gasteiger partial charge in [0.1, 0.15) is 22.6 Å². The molecule has 1 aliphatic rings. The van der Waals surface area contributed by atoms with Crippen LogP contribution in [0.1, 0.15) is 26.7 Å². The van der Waals surface area contributed by atoms with Crippen molar-refractivity contribution in [1.82, 2.24) is 14.5 Å². The molecule has 7 nitrogen and oxygen atoms in total. The summed E-state index contributed by atoms with van der Waals surface area (Å²) in [5.74, 6) is 1.81. The molecule has 3 heterocycles. The van der Waals surface area contributed by atoms with Crippen LogP contribution in [0.25, 0.3) is 33.5 Å². The predicted molar refractivity (Wildman–Crippen MR) is 115 cm³/mol. The number of imidazole rings is 1. The summed E-state index contributed by atoms with van der Waals surface area (Å²) in [7, 11) is 2.10. The Morgan fingerprint density at radius 2 is 1.97 bits per heavy atom. The molecule has 0 atom stereocenters. The number of ether oxygens (including phenoxy) is 1. The quantitative estimate of drug-likeness (QED) is 0.556. The Bertz CT molecular complexity index is 1210. The molecule has 150 valence electrons. The Kier molecular flexibility index (Phi) is 4.12. The Morgan fingerprint density at radius 3 is 2.79 bits per heavy atom. The summed E-state index contributed by atoms with van der Waals surface area (Å²) in [5, 5.41) is 0. The SMILES string of the molecule is CC(C)N(C)c1cc2c3c(c1)nc(-c1ccc4oc(N)nc4c1)n3CCCCO2. The van der Waals surface area contributed by atoms with Crippen molar-refractivity contribution in [3.63, 3.8) is 0 Å². The summed E-state index contributed by atoms with van der Waals surface area (Å²) < 4.78 is 13.9. The van der Waals surface area contributed by atoms with Crippen LogP contribution in [-0.4, -0.2) is 34.2 Å². The lowest BCUT2D eigenvalue weighted by Crippen LogP contribution is -2.25. The molecule has 2 aromatic heterocycles. The van der Waals surface area contributed by atoms with E-state index in [4.69, 9.17) is 19.9 Å². The van der Waals surface area contributed by atoms with Crippen LogP contribution in [-0.2, 0) is 6.54 Å². The first kappa shape index (κ1) is 17.8. The fourth-order valence-corrected chi connectivity index (χ4v) is 3.90. The van der Waals surface area contributed by atoms with Crippen molar-refractivity contribution in [2.75, 3.05) is 24.3 Å². The molecule has 0 saturated heterocycles. The van der Waals surface area contributed by atoms with Gasteiger partial charge in [-0.05, 0) is 51.0 Å². The zero-order valence-electron chi connectivity index (χ0n) is 17.0. The highest BCUT2D eigenvalue weighted by molar-refractivity contribution is 5.90. The molecule has 0 unspecified atom stereocenters. The van der Waals surface area contributed by atoms with Crippen LogP contribution in [0.5, 0.6) is 5.75 Å². The van der Waals surface area contributed by atoms with Gasteiger partial charge >= 0.3 is 0 Å². The van der Waals surface area contributed by atoms with E-state index >= 15 is 0 Å². The monoisotopic (exact) mass is 391 g/mol. The van der Waals surface area contributed by atoms with Crippen LogP contribution >= 0.6 is 0 Å². The van der Waals surface area contributed by atoms with Gasteiger partial charge in [0.2, 0.25) is 0 Å². The first-order valence-electron chi connectivity index (χ1n) is 10.1. The smallest absolute Gasteiger partial charge is 0.292 e. The summed E-state index contributed by atoms with van der Waals surface area (Å²) in [5.41, 5.74) is 11.2. The maximum Gasteiger partial charge on any atom is 0.292 e. The molecule has 0 radical (unpaired) electrons. The number of nitrogen functional groups attached to an aromatic ring is 1. The number of hydrogen-bond donors (Lipinski definition) is 1. The number of aryl methyl sites for hydroxylation is 1. The number of benzene rings is 2. The van der Waals surface area contributed by atoms with Crippen LogP contribution in [0.15, 0.2) is 34.7 Å². The van der Waals surface area contributed by atoms with Gasteiger partial charge in [0, 0.05) is 37.0 Å². The molecule has 7 heteroatoms. The lowest BCUT2D eigenvalue weighted by molar-refractivity contribution is 0.299. The van der Waals surface area contributed by atoms with E-state index in [-0.39, 0.29) is 6.01 Å². The van der Waals surface area contributed by atoms with E-state index in [1.807, 2.05) is 18.2 Å². The molecule has 5 rings (SSSR count). The highest BCUT2D eigenvalue weighted by Gasteiger charge is 2.21. The standard InChI is InChI=1S/C22H25N5O2/c1-13(2)26(3)15-11-17-20-19(12-15)28-9-5-4-8-27(20)21(24-17)14-6-7-18-16(10-14)25-22(23)29-18/h6-7,10-13H,4-5,8-9H2,1-3H3,(H2,23,25). The lowest BCUT2D eigenvalue weighted by atomic mass is 10.2. The minimum absolute atomic E-state index is 0.178. The maximum absolute atomic E-state index is 6.16. The molecule has 2 aromatic carbocycles. The normalized spacial score (nSPS) is 14.2. The molecule has 0 saturated carbocycles. The number of nitrogens with zero attached hydrogens (tertiary/aromatic N) is 4. The van der Waals surface area contributed by atoms with Gasteiger partial charge in [0.05, 0.1) is 12.1 Å². The largest absolute Gasteiger partial charge is 0.491 e. The molecule has 0 spiro atoms. The number of fused-ring (bicyclic) bond motifs is 1. The highest BCUT2D eigenvalue weighted by Crippen LogP contribution is 2.37. The van der Waals surface area contributed by atoms with Gasteiger partial charge in [-0.3, -0.25) is 0 Å². The van der Waals surface area contributed by atoms with Crippen molar-refractivity contribution in [1.29, 1.82) is 0 Å². The van der Waals surface area contributed by atoms with Crippen molar-refractivity contribution in [2.24, 2.45) is 0 Å². The summed E-state index contributed by atoms with van der Waals surface area (Å²) in [6.45, 7) is 5.99. The second-order valence-electron chi connectivity index (χ2n) is 7.89. The van der Waals surface area contributed by atoms with Crippen LogP contribution in [0.3, 0.4) is 0 Å². The van der Waals surface area contributed by atoms with Crippen molar-refractivity contribution in [2.45, 2.75) is 39.3 Å². The number of anilines is 2. The summed E-state index contributed by atoms with van der Waals surface area (Å²) in [6, 6.07) is 10.7. The Balaban J connectivity index is 1.73. The van der Waals surface area contributed by atoms with E-state index in [1.54, 1.807) is 0 Å². The van der Waals surface area contributed by atoms with E-state index in [1.165, 1.54) is 0 Å². The maximum atomic E-state index is 6.16. The van der Waals surface area contributed by atoms with Gasteiger partial charge in [-0.1, -0.05) is 0 Å². The molecule has 0 amide bonds. The average Bonchev–Trinajstić information content (AvgIpc) is 3.23. The number of aromatic nitrogens is 3. The van der Waals surface area contributed by atoms with Crippen LogP contribution in [0, 0.1) is 0 Å². The second kappa shape index (κ2) is 6.69. The fourth-order valence-electron chi connectivity index (χ4n) is 3.90.